The molecule has 0 saturated carbocycles. The fraction of sp³-hybridized carbons (Fsp3) is 0.250. The van der Waals surface area contributed by atoms with Gasteiger partial charge < -0.3 is 4.90 Å². The number of amides is 1. The molecule has 21 heavy (non-hydrogen) atoms. The summed E-state index contributed by atoms with van der Waals surface area (Å²) in [6.07, 6.45) is -4.50. The van der Waals surface area contributed by atoms with Gasteiger partial charge in [-0.15, -0.1) is 10.2 Å². The van der Waals surface area contributed by atoms with E-state index >= 15 is 0 Å². The molecule has 1 aromatic carbocycles. The van der Waals surface area contributed by atoms with E-state index in [9.17, 15) is 18.0 Å². The maximum Gasteiger partial charge on any atom is 0.406 e. The van der Waals surface area contributed by atoms with Gasteiger partial charge in [-0.2, -0.15) is 13.2 Å². The van der Waals surface area contributed by atoms with Crippen molar-refractivity contribution in [2.24, 2.45) is 0 Å². The summed E-state index contributed by atoms with van der Waals surface area (Å²) < 4.78 is 37.9. The van der Waals surface area contributed by atoms with Crippen LogP contribution in [-0.2, 0) is 6.54 Å². The number of rotatable bonds is 4. The average molecular weight is 336 g/mol. The third kappa shape index (κ3) is 4.68. The van der Waals surface area contributed by atoms with Crippen molar-refractivity contribution in [1.29, 1.82) is 0 Å². The molecule has 0 unspecified atom stereocenters. The van der Waals surface area contributed by atoms with Crippen molar-refractivity contribution in [3.63, 3.8) is 0 Å². The van der Waals surface area contributed by atoms with Crippen LogP contribution < -0.4 is 0 Å². The van der Waals surface area contributed by atoms with E-state index in [-0.39, 0.29) is 16.0 Å². The summed E-state index contributed by atoms with van der Waals surface area (Å²) in [6.45, 7) is -1.53. The van der Waals surface area contributed by atoms with Crippen molar-refractivity contribution >= 4 is 28.8 Å². The summed E-state index contributed by atoms with van der Waals surface area (Å²) in [5.41, 5.74) is 0.589. The standard InChI is InChI=1S/C12H9ClF3N3OS/c13-11-18-17-9(21-11)10(20)19(7-12(14,15)16)6-8-4-2-1-3-5-8/h1-5H,6-7H2. The van der Waals surface area contributed by atoms with Crippen molar-refractivity contribution in [2.45, 2.75) is 12.7 Å². The van der Waals surface area contributed by atoms with Gasteiger partial charge in [-0.3, -0.25) is 4.79 Å². The molecule has 1 heterocycles. The lowest BCUT2D eigenvalue weighted by molar-refractivity contribution is -0.141. The van der Waals surface area contributed by atoms with Gasteiger partial charge in [-0.25, -0.2) is 0 Å². The maximum atomic E-state index is 12.6. The Morgan fingerprint density at radius 3 is 2.43 bits per heavy atom. The average Bonchev–Trinajstić information content (AvgIpc) is 2.83. The van der Waals surface area contributed by atoms with Gasteiger partial charge in [0.2, 0.25) is 9.47 Å². The Bertz CT molecular complexity index is 618. The summed E-state index contributed by atoms with van der Waals surface area (Å²) >= 11 is 6.30. The second kappa shape index (κ2) is 6.40. The van der Waals surface area contributed by atoms with Crippen molar-refractivity contribution < 1.29 is 18.0 Å². The molecular formula is C12H9ClF3N3OS. The predicted molar refractivity (Wildman–Crippen MR) is 72.2 cm³/mol. The summed E-state index contributed by atoms with van der Waals surface area (Å²) in [7, 11) is 0. The summed E-state index contributed by atoms with van der Waals surface area (Å²) in [6, 6.07) is 8.40. The summed E-state index contributed by atoms with van der Waals surface area (Å²) in [4.78, 5) is 12.8. The van der Waals surface area contributed by atoms with E-state index in [0.717, 1.165) is 11.3 Å². The third-order valence-electron chi connectivity index (χ3n) is 2.46. The van der Waals surface area contributed by atoms with Gasteiger partial charge in [0.05, 0.1) is 0 Å². The highest BCUT2D eigenvalue weighted by atomic mass is 35.5. The first kappa shape index (κ1) is 15.7. The van der Waals surface area contributed by atoms with Crippen LogP contribution in [0.2, 0.25) is 4.47 Å². The lowest BCUT2D eigenvalue weighted by Gasteiger charge is -2.22. The number of hydrogen-bond donors (Lipinski definition) is 0. The van der Waals surface area contributed by atoms with Crippen LogP contribution in [0.4, 0.5) is 13.2 Å². The molecule has 0 radical (unpaired) electrons. The minimum absolute atomic E-state index is 0.00465. The molecule has 0 saturated heterocycles. The van der Waals surface area contributed by atoms with E-state index in [2.05, 4.69) is 10.2 Å². The van der Waals surface area contributed by atoms with E-state index in [1.54, 1.807) is 30.3 Å². The molecule has 112 valence electrons. The van der Waals surface area contributed by atoms with Crippen LogP contribution in [0.3, 0.4) is 0 Å². The molecule has 2 aromatic rings. The van der Waals surface area contributed by atoms with Gasteiger partial charge >= 0.3 is 6.18 Å². The molecule has 1 amide bonds. The molecular weight excluding hydrogens is 327 g/mol. The quantitative estimate of drug-likeness (QED) is 0.860. The SMILES string of the molecule is O=C(c1nnc(Cl)s1)N(Cc1ccccc1)CC(F)(F)F. The van der Waals surface area contributed by atoms with Crippen LogP contribution in [0, 0.1) is 0 Å². The Hall–Kier alpha value is -1.67. The van der Waals surface area contributed by atoms with E-state index in [0.29, 0.717) is 10.5 Å². The highest BCUT2D eigenvalue weighted by molar-refractivity contribution is 7.17. The molecule has 4 nitrogen and oxygen atoms in total. The first-order chi connectivity index (χ1) is 9.85. The molecule has 9 heteroatoms. The number of hydrogen-bond acceptors (Lipinski definition) is 4. The van der Waals surface area contributed by atoms with Gasteiger partial charge in [0.1, 0.15) is 6.54 Å². The van der Waals surface area contributed by atoms with Crippen LogP contribution in [0.25, 0.3) is 0 Å². The van der Waals surface area contributed by atoms with Crippen molar-refractivity contribution in [1.82, 2.24) is 15.1 Å². The molecule has 0 aliphatic heterocycles. The van der Waals surface area contributed by atoms with E-state index < -0.39 is 18.6 Å². The van der Waals surface area contributed by atoms with Crippen molar-refractivity contribution in [2.75, 3.05) is 6.54 Å². The van der Waals surface area contributed by atoms with E-state index in [1.165, 1.54) is 0 Å². The van der Waals surface area contributed by atoms with E-state index in [4.69, 9.17) is 11.6 Å². The Balaban J connectivity index is 2.21. The molecule has 2 rings (SSSR count). The Labute approximate surface area is 127 Å². The first-order valence-electron chi connectivity index (χ1n) is 5.74. The molecule has 0 atom stereocenters. The largest absolute Gasteiger partial charge is 0.406 e. The highest BCUT2D eigenvalue weighted by Gasteiger charge is 2.34. The lowest BCUT2D eigenvalue weighted by atomic mass is 10.2. The van der Waals surface area contributed by atoms with Crippen LogP contribution in [0.1, 0.15) is 15.4 Å². The normalized spacial score (nSPS) is 11.4. The maximum absolute atomic E-state index is 12.6. The Morgan fingerprint density at radius 1 is 1.24 bits per heavy atom. The minimum Gasteiger partial charge on any atom is -0.323 e. The van der Waals surface area contributed by atoms with Crippen molar-refractivity contribution in [3.8, 4) is 0 Å². The van der Waals surface area contributed by atoms with Crippen LogP contribution in [0.15, 0.2) is 30.3 Å². The second-order valence-corrected chi connectivity index (χ2v) is 5.68. The number of halogens is 4. The van der Waals surface area contributed by atoms with Crippen LogP contribution >= 0.6 is 22.9 Å². The monoisotopic (exact) mass is 335 g/mol. The van der Waals surface area contributed by atoms with Gasteiger partial charge in [0, 0.05) is 6.54 Å². The topological polar surface area (TPSA) is 46.1 Å². The van der Waals surface area contributed by atoms with Crippen LogP contribution in [0.5, 0.6) is 0 Å². The number of aromatic nitrogens is 2. The molecule has 0 bridgehead atoms. The molecule has 0 aliphatic rings. The van der Waals surface area contributed by atoms with Gasteiger partial charge in [0.25, 0.3) is 5.91 Å². The molecule has 0 aliphatic carbocycles. The Kier molecular flexibility index (Phi) is 4.79. The molecule has 0 spiro atoms. The zero-order chi connectivity index (χ0) is 15.5. The third-order valence-corrected chi connectivity index (χ3v) is 3.46. The van der Waals surface area contributed by atoms with Gasteiger partial charge in [-0.1, -0.05) is 41.7 Å². The fourth-order valence-electron chi connectivity index (χ4n) is 1.65. The highest BCUT2D eigenvalue weighted by Crippen LogP contribution is 2.22. The first-order valence-corrected chi connectivity index (χ1v) is 6.93. The van der Waals surface area contributed by atoms with Crippen molar-refractivity contribution in [3.05, 3.63) is 45.4 Å². The number of alkyl halides is 3. The zero-order valence-corrected chi connectivity index (χ0v) is 12.0. The number of nitrogens with zero attached hydrogens (tertiary/aromatic N) is 3. The fourth-order valence-corrected chi connectivity index (χ4v) is 2.44. The second-order valence-electron chi connectivity index (χ2n) is 4.12. The predicted octanol–water partition coefficient (Wildman–Crippen LogP) is 3.40. The molecule has 0 fully saturated rings. The lowest BCUT2D eigenvalue weighted by Crippen LogP contribution is -2.38. The molecule has 1 aromatic heterocycles. The summed E-state index contributed by atoms with van der Waals surface area (Å²) in [5, 5.41) is 6.75. The minimum atomic E-state index is -4.50. The number of benzene rings is 1. The van der Waals surface area contributed by atoms with Crippen LogP contribution in [-0.4, -0.2) is 33.7 Å². The number of carbonyl (C=O) groups excluding carboxylic acids is 1. The van der Waals surface area contributed by atoms with Gasteiger partial charge in [-0.05, 0) is 17.2 Å². The van der Waals surface area contributed by atoms with Gasteiger partial charge in [0.15, 0.2) is 0 Å². The van der Waals surface area contributed by atoms with E-state index in [1.807, 2.05) is 0 Å². The summed E-state index contributed by atoms with van der Waals surface area (Å²) in [5.74, 6) is -0.847. The molecule has 0 N–H and O–H groups in total. The Morgan fingerprint density at radius 2 is 1.90 bits per heavy atom. The smallest absolute Gasteiger partial charge is 0.323 e. The zero-order valence-electron chi connectivity index (χ0n) is 10.5. The number of carbonyl (C=O) groups is 1.